The van der Waals surface area contributed by atoms with Crippen LogP contribution in [0.5, 0.6) is 0 Å². The molecule has 2 N–H and O–H groups in total. The van der Waals surface area contributed by atoms with Gasteiger partial charge in [-0.1, -0.05) is 38.3 Å². The lowest BCUT2D eigenvalue weighted by Gasteiger charge is -2.07. The molecule has 0 saturated carbocycles. The van der Waals surface area contributed by atoms with Gasteiger partial charge in [-0.05, 0) is 24.6 Å². The topological polar surface area (TPSA) is 24.1 Å². The van der Waals surface area contributed by atoms with Gasteiger partial charge in [0.25, 0.3) is 0 Å². The van der Waals surface area contributed by atoms with E-state index in [4.69, 9.17) is 24.4 Å². The zero-order valence-electron chi connectivity index (χ0n) is 8.05. The van der Waals surface area contributed by atoms with Gasteiger partial charge in [-0.15, -0.1) is 0 Å². The van der Waals surface area contributed by atoms with E-state index in [0.717, 1.165) is 34.6 Å². The van der Waals surface area contributed by atoms with Crippen LogP contribution in [0.4, 0.5) is 0 Å². The quantitative estimate of drug-likeness (QED) is 0.730. The number of thiocarbonyl (C=S) groups is 2. The Morgan fingerprint density at radius 3 is 1.69 bits per heavy atom. The zero-order valence-corrected chi connectivity index (χ0v) is 10.5. The first-order chi connectivity index (χ1) is 6.20. The maximum atomic E-state index is 5.07. The van der Waals surface area contributed by atoms with Gasteiger partial charge in [0.15, 0.2) is 0 Å². The van der Waals surface area contributed by atoms with E-state index in [1.54, 1.807) is 0 Å². The van der Waals surface area contributed by atoms with Gasteiger partial charge in [-0.3, -0.25) is 0 Å². The Balaban J connectivity index is 3.47. The fourth-order valence-electron chi connectivity index (χ4n) is 0.610. The normalized spacial score (nSPS) is 9.38. The molecule has 0 aliphatic rings. The maximum absolute atomic E-state index is 5.07. The lowest BCUT2D eigenvalue weighted by atomic mass is 10.5. The Morgan fingerprint density at radius 2 is 1.38 bits per heavy atom. The second kappa shape index (κ2) is 8.72. The van der Waals surface area contributed by atoms with Crippen molar-refractivity contribution in [1.29, 1.82) is 0 Å². The molecular formula is C8H16N2S3. The monoisotopic (exact) mass is 236 g/mol. The van der Waals surface area contributed by atoms with Gasteiger partial charge in [0.1, 0.15) is 8.64 Å². The van der Waals surface area contributed by atoms with Crippen LogP contribution in [0.3, 0.4) is 0 Å². The largest absolute Gasteiger partial charge is 0.371 e. The van der Waals surface area contributed by atoms with E-state index in [1.807, 2.05) is 0 Å². The summed E-state index contributed by atoms with van der Waals surface area (Å²) in [4.78, 5) is 0. The summed E-state index contributed by atoms with van der Waals surface area (Å²) in [7, 11) is 0. The minimum absolute atomic E-state index is 0.760. The van der Waals surface area contributed by atoms with Gasteiger partial charge < -0.3 is 10.6 Å². The lowest BCUT2D eigenvalue weighted by Crippen LogP contribution is -2.25. The van der Waals surface area contributed by atoms with Crippen molar-refractivity contribution < 1.29 is 0 Å². The van der Waals surface area contributed by atoms with Gasteiger partial charge in [0, 0.05) is 13.1 Å². The van der Waals surface area contributed by atoms with Crippen LogP contribution in [-0.4, -0.2) is 21.7 Å². The van der Waals surface area contributed by atoms with Crippen LogP contribution in [0.15, 0.2) is 0 Å². The van der Waals surface area contributed by atoms with Crippen LogP contribution in [0.2, 0.25) is 0 Å². The Morgan fingerprint density at radius 1 is 1.00 bits per heavy atom. The summed E-state index contributed by atoms with van der Waals surface area (Å²) in [6.45, 7) is 6.05. The molecule has 0 aromatic heterocycles. The van der Waals surface area contributed by atoms with E-state index in [1.165, 1.54) is 11.8 Å². The first-order valence-electron chi connectivity index (χ1n) is 4.44. The van der Waals surface area contributed by atoms with E-state index >= 15 is 0 Å². The van der Waals surface area contributed by atoms with Gasteiger partial charge in [-0.25, -0.2) is 0 Å². The van der Waals surface area contributed by atoms with Crippen molar-refractivity contribution in [2.24, 2.45) is 0 Å². The summed E-state index contributed by atoms with van der Waals surface area (Å²) < 4.78 is 1.52. The zero-order chi connectivity index (χ0) is 10.1. The maximum Gasteiger partial charge on any atom is 0.140 e. The van der Waals surface area contributed by atoms with Gasteiger partial charge >= 0.3 is 0 Å². The molecule has 0 aromatic carbocycles. The van der Waals surface area contributed by atoms with Crippen molar-refractivity contribution in [3.8, 4) is 0 Å². The smallest absolute Gasteiger partial charge is 0.140 e. The highest BCUT2D eigenvalue weighted by Gasteiger charge is 2.00. The van der Waals surface area contributed by atoms with Crippen molar-refractivity contribution in [3.63, 3.8) is 0 Å². The summed E-state index contributed by atoms with van der Waals surface area (Å²) in [6.07, 6.45) is 2.16. The molecule has 0 rings (SSSR count). The standard InChI is InChI=1S/C8H16N2S3/c1-3-5-9-7(11)13-8(12)10-6-4-2/h3-6H2,1-2H3,(H,9,11)(H,10,12). The SMILES string of the molecule is CCCNC(=S)SC(=S)NCCC. The van der Waals surface area contributed by atoms with Gasteiger partial charge in [0.05, 0.1) is 0 Å². The summed E-state index contributed by atoms with van der Waals surface area (Å²) >= 11 is 11.6. The molecule has 0 atom stereocenters. The number of rotatable bonds is 4. The molecule has 2 nitrogen and oxygen atoms in total. The number of thioether (sulfide) groups is 1. The Labute approximate surface area is 95.2 Å². The Kier molecular flexibility index (Phi) is 8.80. The highest BCUT2D eigenvalue weighted by Crippen LogP contribution is 2.03. The lowest BCUT2D eigenvalue weighted by molar-refractivity contribution is 0.852. The van der Waals surface area contributed by atoms with E-state index in [2.05, 4.69) is 24.5 Å². The van der Waals surface area contributed by atoms with E-state index in [9.17, 15) is 0 Å². The van der Waals surface area contributed by atoms with E-state index in [-0.39, 0.29) is 0 Å². The predicted molar refractivity (Wildman–Crippen MR) is 69.4 cm³/mol. The third-order valence-electron chi connectivity index (χ3n) is 1.22. The first kappa shape index (κ1) is 13.1. The molecule has 0 unspecified atom stereocenters. The molecule has 0 aliphatic heterocycles. The molecule has 0 aromatic rings. The average molecular weight is 236 g/mol. The molecule has 5 heteroatoms. The Bertz CT molecular complexity index is 153. The second-order valence-corrected chi connectivity index (χ2v) is 4.88. The molecule has 0 heterocycles. The highest BCUT2D eigenvalue weighted by atomic mass is 32.2. The minimum Gasteiger partial charge on any atom is -0.371 e. The third kappa shape index (κ3) is 8.46. The summed E-state index contributed by atoms with van der Waals surface area (Å²) in [5, 5.41) is 6.21. The van der Waals surface area contributed by atoms with Crippen molar-refractivity contribution in [3.05, 3.63) is 0 Å². The fourth-order valence-corrected chi connectivity index (χ4v) is 1.99. The van der Waals surface area contributed by atoms with E-state index < -0.39 is 0 Å². The summed E-state index contributed by atoms with van der Waals surface area (Å²) in [5.74, 6) is 0. The molecule has 0 bridgehead atoms. The molecule has 0 aliphatic carbocycles. The average Bonchev–Trinajstić information content (AvgIpc) is 2.11. The third-order valence-corrected chi connectivity index (χ3v) is 2.67. The second-order valence-electron chi connectivity index (χ2n) is 2.53. The van der Waals surface area contributed by atoms with Crippen molar-refractivity contribution >= 4 is 44.8 Å². The molecule has 0 saturated heterocycles. The number of hydrogen-bond donors (Lipinski definition) is 2. The van der Waals surface area contributed by atoms with Crippen LogP contribution in [0.25, 0.3) is 0 Å². The molecular weight excluding hydrogens is 220 g/mol. The number of hydrogen-bond acceptors (Lipinski definition) is 3. The summed E-state index contributed by atoms with van der Waals surface area (Å²) in [6, 6.07) is 0. The summed E-state index contributed by atoms with van der Waals surface area (Å²) in [5.41, 5.74) is 0. The van der Waals surface area contributed by atoms with Crippen molar-refractivity contribution in [1.82, 2.24) is 10.6 Å². The van der Waals surface area contributed by atoms with Crippen LogP contribution in [-0.2, 0) is 0 Å². The van der Waals surface area contributed by atoms with Crippen LogP contribution in [0.1, 0.15) is 26.7 Å². The fraction of sp³-hybridized carbons (Fsp3) is 0.750. The van der Waals surface area contributed by atoms with Crippen molar-refractivity contribution in [2.75, 3.05) is 13.1 Å². The van der Waals surface area contributed by atoms with Crippen LogP contribution < -0.4 is 10.6 Å². The molecule has 0 fully saturated rings. The molecule has 0 spiro atoms. The van der Waals surface area contributed by atoms with Crippen LogP contribution in [0, 0.1) is 0 Å². The molecule has 0 radical (unpaired) electrons. The first-order valence-corrected chi connectivity index (χ1v) is 6.07. The minimum atomic E-state index is 0.760. The molecule has 76 valence electrons. The van der Waals surface area contributed by atoms with Gasteiger partial charge in [0.2, 0.25) is 0 Å². The molecule has 13 heavy (non-hydrogen) atoms. The molecule has 0 amide bonds. The highest BCUT2D eigenvalue weighted by molar-refractivity contribution is 8.37. The Hall–Kier alpha value is 0.130. The predicted octanol–water partition coefficient (Wildman–Crippen LogP) is 2.29. The van der Waals surface area contributed by atoms with Crippen molar-refractivity contribution in [2.45, 2.75) is 26.7 Å². The number of nitrogens with one attached hydrogen (secondary N) is 2. The van der Waals surface area contributed by atoms with E-state index in [0.29, 0.717) is 0 Å². The van der Waals surface area contributed by atoms with Crippen LogP contribution >= 0.6 is 36.2 Å². The van der Waals surface area contributed by atoms with Gasteiger partial charge in [-0.2, -0.15) is 0 Å².